The van der Waals surface area contributed by atoms with E-state index in [1.165, 1.54) is 0 Å². The Kier molecular flexibility index (Phi) is 4.33. The lowest BCUT2D eigenvalue weighted by Crippen LogP contribution is -2.49. The van der Waals surface area contributed by atoms with Gasteiger partial charge in [0, 0.05) is 45.2 Å². The SMILES string of the molecule is O=C(O)[C@@H]1[C@@H]2CCN(C(=O)C3CCN(C(=O)N4CCCC4)CC3)C[C@@H]21. The van der Waals surface area contributed by atoms with E-state index in [9.17, 15) is 19.5 Å². The average Bonchev–Trinajstić information content (AvgIpc) is 3.09. The Morgan fingerprint density at radius 2 is 1.36 bits per heavy atom. The van der Waals surface area contributed by atoms with E-state index in [-0.39, 0.29) is 35.6 Å². The lowest BCUT2D eigenvalue weighted by molar-refractivity contribution is -0.140. The van der Waals surface area contributed by atoms with Gasteiger partial charge in [-0.3, -0.25) is 9.59 Å². The molecule has 0 radical (unpaired) electrons. The van der Waals surface area contributed by atoms with Gasteiger partial charge in [0.15, 0.2) is 0 Å². The third-order valence-electron chi connectivity index (χ3n) is 6.58. The highest BCUT2D eigenvalue weighted by Crippen LogP contribution is 2.51. The summed E-state index contributed by atoms with van der Waals surface area (Å²) in [6.07, 6.45) is 4.46. The molecule has 3 aliphatic heterocycles. The predicted molar refractivity (Wildman–Crippen MR) is 89.8 cm³/mol. The molecule has 3 atom stereocenters. The van der Waals surface area contributed by atoms with Crippen molar-refractivity contribution in [2.24, 2.45) is 23.7 Å². The van der Waals surface area contributed by atoms with Gasteiger partial charge in [-0.2, -0.15) is 0 Å². The zero-order valence-corrected chi connectivity index (χ0v) is 14.6. The molecule has 0 unspecified atom stereocenters. The molecule has 25 heavy (non-hydrogen) atoms. The number of amides is 3. The van der Waals surface area contributed by atoms with Gasteiger partial charge in [0.2, 0.25) is 5.91 Å². The van der Waals surface area contributed by atoms with E-state index >= 15 is 0 Å². The summed E-state index contributed by atoms with van der Waals surface area (Å²) in [5.41, 5.74) is 0. The number of hydrogen-bond acceptors (Lipinski definition) is 3. The van der Waals surface area contributed by atoms with Crippen molar-refractivity contribution < 1.29 is 19.5 Å². The quantitative estimate of drug-likeness (QED) is 0.809. The molecule has 3 heterocycles. The maximum absolute atomic E-state index is 12.8. The molecule has 1 saturated carbocycles. The van der Waals surface area contributed by atoms with Crippen molar-refractivity contribution in [1.29, 1.82) is 0 Å². The van der Waals surface area contributed by atoms with Crippen molar-refractivity contribution in [3.05, 3.63) is 0 Å². The fraction of sp³-hybridized carbons (Fsp3) is 0.833. The zero-order valence-electron chi connectivity index (χ0n) is 14.6. The van der Waals surface area contributed by atoms with Crippen molar-refractivity contribution in [3.63, 3.8) is 0 Å². The first kappa shape index (κ1) is 16.7. The number of carbonyl (C=O) groups is 3. The molecular weight excluding hydrogens is 322 g/mol. The average molecular weight is 349 g/mol. The first-order valence-corrected chi connectivity index (χ1v) is 9.61. The van der Waals surface area contributed by atoms with Crippen LogP contribution >= 0.6 is 0 Å². The third kappa shape index (κ3) is 3.09. The molecule has 1 N–H and O–H groups in total. The summed E-state index contributed by atoms with van der Waals surface area (Å²) >= 11 is 0. The minimum atomic E-state index is -0.710. The number of carbonyl (C=O) groups excluding carboxylic acids is 2. The molecule has 0 bridgehead atoms. The molecule has 3 saturated heterocycles. The predicted octanol–water partition coefficient (Wildman–Crippen LogP) is 1.09. The van der Waals surface area contributed by atoms with Crippen molar-refractivity contribution in [1.82, 2.24) is 14.7 Å². The number of carboxylic acid groups (broad SMARTS) is 1. The monoisotopic (exact) mass is 349 g/mol. The van der Waals surface area contributed by atoms with Gasteiger partial charge in [0.25, 0.3) is 0 Å². The standard InChI is InChI=1S/C18H27N3O4/c22-16(21-10-5-13-14(11-21)15(13)17(23)24)12-3-8-20(9-4-12)18(25)19-6-1-2-7-19/h12-15H,1-11H2,(H,23,24)/t13-,14+,15-/m1/s1. The number of hydrogen-bond donors (Lipinski definition) is 1. The Morgan fingerprint density at radius 3 is 2.00 bits per heavy atom. The molecule has 0 spiro atoms. The number of piperidine rings is 2. The van der Waals surface area contributed by atoms with Crippen molar-refractivity contribution in [2.75, 3.05) is 39.3 Å². The number of likely N-dealkylation sites (tertiary alicyclic amines) is 3. The maximum atomic E-state index is 12.8. The molecular formula is C18H27N3O4. The smallest absolute Gasteiger partial charge is 0.319 e. The second-order valence-corrected chi connectivity index (χ2v) is 8.00. The molecule has 7 nitrogen and oxygen atoms in total. The van der Waals surface area contributed by atoms with Crippen LogP contribution in [0.1, 0.15) is 32.1 Å². The summed E-state index contributed by atoms with van der Waals surface area (Å²) in [6, 6.07) is 0.131. The summed E-state index contributed by atoms with van der Waals surface area (Å²) in [7, 11) is 0. The molecule has 3 amide bonds. The molecule has 0 aromatic heterocycles. The summed E-state index contributed by atoms with van der Waals surface area (Å²) in [5, 5.41) is 9.18. The fourth-order valence-electron chi connectivity index (χ4n) is 4.99. The lowest BCUT2D eigenvalue weighted by Gasteiger charge is -2.36. The first-order chi connectivity index (χ1) is 12.1. The van der Waals surface area contributed by atoms with Crippen LogP contribution in [0.4, 0.5) is 4.79 Å². The first-order valence-electron chi connectivity index (χ1n) is 9.61. The Labute approximate surface area is 147 Å². The fourth-order valence-corrected chi connectivity index (χ4v) is 4.99. The van der Waals surface area contributed by atoms with Crippen LogP contribution < -0.4 is 0 Å². The van der Waals surface area contributed by atoms with Gasteiger partial charge >= 0.3 is 12.0 Å². The van der Waals surface area contributed by atoms with E-state index in [1.807, 2.05) is 14.7 Å². The summed E-state index contributed by atoms with van der Waals surface area (Å²) < 4.78 is 0. The second-order valence-electron chi connectivity index (χ2n) is 8.00. The van der Waals surface area contributed by atoms with Gasteiger partial charge in [-0.05, 0) is 43.9 Å². The number of fused-ring (bicyclic) bond motifs is 1. The van der Waals surface area contributed by atoms with E-state index in [1.54, 1.807) is 0 Å². The molecule has 0 aromatic carbocycles. The van der Waals surface area contributed by atoms with E-state index in [0.29, 0.717) is 26.2 Å². The van der Waals surface area contributed by atoms with Crippen LogP contribution in [0, 0.1) is 23.7 Å². The van der Waals surface area contributed by atoms with Crippen LogP contribution in [0.5, 0.6) is 0 Å². The van der Waals surface area contributed by atoms with Crippen LogP contribution in [0.25, 0.3) is 0 Å². The van der Waals surface area contributed by atoms with Crippen molar-refractivity contribution in [3.8, 4) is 0 Å². The van der Waals surface area contributed by atoms with Gasteiger partial charge in [-0.15, -0.1) is 0 Å². The molecule has 138 valence electrons. The van der Waals surface area contributed by atoms with Crippen LogP contribution in [0.2, 0.25) is 0 Å². The van der Waals surface area contributed by atoms with Gasteiger partial charge in [-0.25, -0.2) is 4.79 Å². The Hall–Kier alpha value is -1.79. The molecule has 4 fully saturated rings. The van der Waals surface area contributed by atoms with E-state index in [0.717, 1.165) is 45.2 Å². The van der Waals surface area contributed by atoms with Crippen molar-refractivity contribution in [2.45, 2.75) is 32.1 Å². The Bertz CT molecular complexity index is 567. The summed E-state index contributed by atoms with van der Waals surface area (Å²) in [6.45, 7) is 4.33. The van der Waals surface area contributed by atoms with Gasteiger partial charge in [-0.1, -0.05) is 0 Å². The van der Waals surface area contributed by atoms with Crippen molar-refractivity contribution >= 4 is 17.9 Å². The highest BCUT2D eigenvalue weighted by Gasteiger charge is 2.57. The molecule has 4 aliphatic rings. The number of rotatable bonds is 2. The van der Waals surface area contributed by atoms with Crippen LogP contribution in [0.15, 0.2) is 0 Å². The minimum absolute atomic E-state index is 0.0128. The number of aliphatic carboxylic acids is 1. The summed E-state index contributed by atoms with van der Waals surface area (Å²) in [5.74, 6) is -0.353. The normalized spacial score (nSPS) is 32.5. The molecule has 7 heteroatoms. The molecule has 1 aliphatic carbocycles. The lowest BCUT2D eigenvalue weighted by atomic mass is 9.94. The zero-order chi connectivity index (χ0) is 17.6. The molecule has 0 aromatic rings. The third-order valence-corrected chi connectivity index (χ3v) is 6.58. The van der Waals surface area contributed by atoms with Gasteiger partial charge < -0.3 is 19.8 Å². The topological polar surface area (TPSA) is 81.2 Å². The minimum Gasteiger partial charge on any atom is -0.481 e. The van der Waals surface area contributed by atoms with Crippen LogP contribution in [-0.4, -0.2) is 77.0 Å². The second kappa shape index (κ2) is 6.50. The Morgan fingerprint density at radius 1 is 0.760 bits per heavy atom. The maximum Gasteiger partial charge on any atom is 0.319 e. The number of nitrogens with zero attached hydrogens (tertiary/aromatic N) is 3. The summed E-state index contributed by atoms with van der Waals surface area (Å²) in [4.78, 5) is 42.1. The van der Waals surface area contributed by atoms with E-state index in [4.69, 9.17) is 0 Å². The number of urea groups is 1. The largest absolute Gasteiger partial charge is 0.481 e. The van der Waals surface area contributed by atoms with E-state index < -0.39 is 5.97 Å². The van der Waals surface area contributed by atoms with E-state index in [2.05, 4.69) is 0 Å². The van der Waals surface area contributed by atoms with Crippen LogP contribution in [0.3, 0.4) is 0 Å². The van der Waals surface area contributed by atoms with Crippen LogP contribution in [-0.2, 0) is 9.59 Å². The Balaban J connectivity index is 1.27. The highest BCUT2D eigenvalue weighted by molar-refractivity contribution is 5.81. The molecule has 4 rings (SSSR count). The van der Waals surface area contributed by atoms with Gasteiger partial charge in [0.05, 0.1) is 5.92 Å². The highest BCUT2D eigenvalue weighted by atomic mass is 16.4. The number of carboxylic acids is 1. The van der Waals surface area contributed by atoms with Gasteiger partial charge in [0.1, 0.15) is 0 Å².